The van der Waals surface area contributed by atoms with Gasteiger partial charge in [0, 0.05) is 24.7 Å². The number of nitrogens with one attached hydrogen (secondary N) is 1. The Hall–Kier alpha value is -1.69. The highest BCUT2D eigenvalue weighted by Crippen LogP contribution is 2.13. The lowest BCUT2D eigenvalue weighted by atomic mass is 10.3. The minimum absolute atomic E-state index is 0.0139. The Bertz CT molecular complexity index is 379. The summed E-state index contributed by atoms with van der Waals surface area (Å²) in [6.45, 7) is 0.750. The Morgan fingerprint density at radius 1 is 1.35 bits per heavy atom. The fraction of sp³-hybridized carbons (Fsp3) is 0.364. The molecule has 0 aromatic heterocycles. The Labute approximate surface area is 97.8 Å². The van der Waals surface area contributed by atoms with Crippen LogP contribution in [0, 0.1) is 11.6 Å². The van der Waals surface area contributed by atoms with E-state index >= 15 is 0 Å². The highest BCUT2D eigenvalue weighted by molar-refractivity contribution is 5.83. The molecule has 0 saturated carbocycles. The third-order valence-corrected chi connectivity index (χ3v) is 2.16. The maximum atomic E-state index is 12.3. The quantitative estimate of drug-likeness (QED) is 0.768. The number of nitrogens with two attached hydrogens (primary N) is 1. The van der Waals surface area contributed by atoms with Crippen LogP contribution in [0.2, 0.25) is 0 Å². The van der Waals surface area contributed by atoms with Crippen LogP contribution in [-0.4, -0.2) is 25.6 Å². The Morgan fingerprint density at radius 2 is 1.94 bits per heavy atom. The lowest BCUT2D eigenvalue weighted by molar-refractivity contribution is -0.120. The van der Waals surface area contributed by atoms with Crippen molar-refractivity contribution in [3.05, 3.63) is 29.8 Å². The number of halogens is 2. The van der Waals surface area contributed by atoms with E-state index in [0.717, 1.165) is 31.2 Å². The van der Waals surface area contributed by atoms with Crippen molar-refractivity contribution in [3.8, 4) is 5.75 Å². The van der Waals surface area contributed by atoms with Crippen LogP contribution in [0.15, 0.2) is 18.2 Å². The number of carbonyl (C=O) groups is 1. The molecule has 6 heteroatoms. The molecule has 1 aromatic rings. The molecule has 0 bridgehead atoms. The van der Waals surface area contributed by atoms with E-state index < -0.39 is 11.6 Å². The van der Waals surface area contributed by atoms with Gasteiger partial charge in [-0.3, -0.25) is 4.79 Å². The summed E-state index contributed by atoms with van der Waals surface area (Å²) in [5.41, 5.74) is 5.27. The van der Waals surface area contributed by atoms with E-state index in [1.54, 1.807) is 0 Å². The first-order valence-electron chi connectivity index (χ1n) is 5.06. The number of hydrogen-bond acceptors (Lipinski definition) is 3. The molecule has 0 aliphatic carbocycles. The molecule has 1 saturated heterocycles. The van der Waals surface area contributed by atoms with Crippen molar-refractivity contribution in [2.24, 2.45) is 5.73 Å². The van der Waals surface area contributed by atoms with Gasteiger partial charge in [0.2, 0.25) is 5.91 Å². The van der Waals surface area contributed by atoms with Crippen LogP contribution in [0.5, 0.6) is 5.75 Å². The van der Waals surface area contributed by atoms with Gasteiger partial charge in [-0.1, -0.05) is 0 Å². The minimum atomic E-state index is -0.628. The lowest BCUT2D eigenvalue weighted by Crippen LogP contribution is -2.29. The molecule has 1 aliphatic heterocycles. The van der Waals surface area contributed by atoms with Crippen molar-refractivity contribution >= 4 is 5.91 Å². The third-order valence-electron chi connectivity index (χ3n) is 2.16. The van der Waals surface area contributed by atoms with Crippen molar-refractivity contribution in [2.75, 3.05) is 13.7 Å². The summed E-state index contributed by atoms with van der Waals surface area (Å²) in [5.74, 6) is -1.08. The molecular formula is C11H14F2N2O2. The van der Waals surface area contributed by atoms with Crippen LogP contribution in [0.4, 0.5) is 8.78 Å². The van der Waals surface area contributed by atoms with Crippen molar-refractivity contribution in [1.82, 2.24) is 5.32 Å². The molecule has 1 aromatic carbocycles. The van der Waals surface area contributed by atoms with Crippen molar-refractivity contribution in [1.29, 1.82) is 0 Å². The number of ether oxygens (including phenoxy) is 1. The predicted octanol–water partition coefficient (Wildman–Crippen LogP) is 0.807. The molecule has 1 aliphatic rings. The molecule has 94 valence electrons. The largest absolute Gasteiger partial charge is 0.497 e. The maximum absolute atomic E-state index is 12.3. The summed E-state index contributed by atoms with van der Waals surface area (Å²) in [7, 11) is 1.36. The van der Waals surface area contributed by atoms with Gasteiger partial charge in [-0.2, -0.15) is 0 Å². The molecule has 2 rings (SSSR count). The monoisotopic (exact) mass is 244 g/mol. The summed E-state index contributed by atoms with van der Waals surface area (Å²) in [6.07, 6.45) is 0.791. The molecule has 1 atom stereocenters. The fourth-order valence-electron chi connectivity index (χ4n) is 1.26. The van der Waals surface area contributed by atoms with Crippen LogP contribution in [0.3, 0.4) is 0 Å². The van der Waals surface area contributed by atoms with E-state index in [9.17, 15) is 13.6 Å². The molecule has 0 spiro atoms. The standard InChI is InChI=1S/C7H6F2O.C4H8N2O/c1-10-7-3-5(8)2-6(9)4-7;5-3-1-2-6-4(3)7/h2-4H,1H3;3H,1-2,5H2,(H,6,7). The number of benzene rings is 1. The van der Waals surface area contributed by atoms with Crippen molar-refractivity contribution in [3.63, 3.8) is 0 Å². The van der Waals surface area contributed by atoms with E-state index in [1.807, 2.05) is 0 Å². The average Bonchev–Trinajstić information content (AvgIpc) is 2.63. The van der Waals surface area contributed by atoms with Gasteiger partial charge in [-0.05, 0) is 6.42 Å². The summed E-state index contributed by atoms with van der Waals surface area (Å²) in [4.78, 5) is 10.3. The molecule has 1 heterocycles. The summed E-state index contributed by atoms with van der Waals surface area (Å²) in [6, 6.07) is 2.79. The van der Waals surface area contributed by atoms with Gasteiger partial charge >= 0.3 is 0 Å². The molecule has 17 heavy (non-hydrogen) atoms. The van der Waals surface area contributed by atoms with Crippen LogP contribution in [0.25, 0.3) is 0 Å². The zero-order valence-electron chi connectivity index (χ0n) is 9.37. The smallest absolute Gasteiger partial charge is 0.236 e. The second-order valence-corrected chi connectivity index (χ2v) is 3.50. The van der Waals surface area contributed by atoms with E-state index in [-0.39, 0.29) is 17.7 Å². The highest BCUT2D eigenvalue weighted by atomic mass is 19.1. The second-order valence-electron chi connectivity index (χ2n) is 3.50. The summed E-state index contributed by atoms with van der Waals surface area (Å²) >= 11 is 0. The van der Waals surface area contributed by atoms with E-state index in [0.29, 0.717) is 0 Å². The van der Waals surface area contributed by atoms with Gasteiger partial charge in [0.1, 0.15) is 17.4 Å². The van der Waals surface area contributed by atoms with Gasteiger partial charge in [-0.25, -0.2) is 8.78 Å². The van der Waals surface area contributed by atoms with Gasteiger partial charge < -0.3 is 15.8 Å². The third kappa shape index (κ3) is 4.36. The maximum Gasteiger partial charge on any atom is 0.236 e. The predicted molar refractivity (Wildman–Crippen MR) is 58.5 cm³/mol. The Balaban J connectivity index is 0.000000181. The van der Waals surface area contributed by atoms with E-state index in [4.69, 9.17) is 5.73 Å². The summed E-state index contributed by atoms with van der Waals surface area (Å²) < 4.78 is 29.2. The molecule has 1 fully saturated rings. The normalized spacial score (nSPS) is 18.1. The lowest BCUT2D eigenvalue weighted by Gasteiger charge is -1.97. The van der Waals surface area contributed by atoms with Crippen LogP contribution in [-0.2, 0) is 4.79 Å². The first-order valence-corrected chi connectivity index (χ1v) is 5.06. The number of rotatable bonds is 1. The highest BCUT2D eigenvalue weighted by Gasteiger charge is 2.18. The fourth-order valence-corrected chi connectivity index (χ4v) is 1.26. The van der Waals surface area contributed by atoms with E-state index in [1.165, 1.54) is 7.11 Å². The van der Waals surface area contributed by atoms with Crippen LogP contribution < -0.4 is 15.8 Å². The first kappa shape index (κ1) is 13.4. The molecular weight excluding hydrogens is 230 g/mol. The molecule has 1 unspecified atom stereocenters. The second kappa shape index (κ2) is 6.15. The van der Waals surface area contributed by atoms with Crippen molar-refractivity contribution < 1.29 is 18.3 Å². The molecule has 4 nitrogen and oxygen atoms in total. The van der Waals surface area contributed by atoms with Crippen LogP contribution in [0.1, 0.15) is 6.42 Å². The van der Waals surface area contributed by atoms with E-state index in [2.05, 4.69) is 10.1 Å². The number of methoxy groups -OCH3 is 1. The SMILES string of the molecule is COc1cc(F)cc(F)c1.NC1CCNC1=O. The molecule has 3 N–H and O–H groups in total. The Kier molecular flexibility index (Phi) is 4.84. The number of hydrogen-bond donors (Lipinski definition) is 2. The van der Waals surface area contributed by atoms with Gasteiger partial charge in [0.05, 0.1) is 13.2 Å². The van der Waals surface area contributed by atoms with Crippen molar-refractivity contribution in [2.45, 2.75) is 12.5 Å². The Morgan fingerprint density at radius 3 is 2.24 bits per heavy atom. The molecule has 0 radical (unpaired) electrons. The van der Waals surface area contributed by atoms with Gasteiger partial charge in [0.25, 0.3) is 0 Å². The number of carbonyl (C=O) groups excluding carboxylic acids is 1. The molecule has 1 amide bonds. The zero-order chi connectivity index (χ0) is 12.8. The summed E-state index contributed by atoms with van der Waals surface area (Å²) in [5, 5.41) is 2.61. The van der Waals surface area contributed by atoms with Gasteiger partial charge in [0.15, 0.2) is 0 Å². The first-order chi connectivity index (χ1) is 8.02. The number of amides is 1. The average molecular weight is 244 g/mol. The topological polar surface area (TPSA) is 64.3 Å². The minimum Gasteiger partial charge on any atom is -0.497 e. The van der Waals surface area contributed by atoms with Crippen LogP contribution >= 0.6 is 0 Å². The zero-order valence-corrected chi connectivity index (χ0v) is 9.37. The van der Waals surface area contributed by atoms with Gasteiger partial charge in [-0.15, -0.1) is 0 Å².